The van der Waals surface area contributed by atoms with Gasteiger partial charge < -0.3 is 4.90 Å². The molecule has 0 aliphatic rings. The van der Waals surface area contributed by atoms with Crippen molar-refractivity contribution in [2.75, 3.05) is 13.1 Å². The van der Waals surface area contributed by atoms with Crippen LogP contribution in [0, 0.1) is 12.8 Å². The molecule has 0 aromatic carbocycles. The maximum Gasteiger partial charge on any atom is 0.406 e. The van der Waals surface area contributed by atoms with E-state index in [-0.39, 0.29) is 23.0 Å². The van der Waals surface area contributed by atoms with Gasteiger partial charge in [-0.05, 0) is 18.9 Å². The lowest BCUT2D eigenvalue weighted by molar-refractivity contribution is -0.141. The van der Waals surface area contributed by atoms with Crippen LogP contribution in [-0.4, -0.2) is 35.1 Å². The molecule has 0 spiro atoms. The van der Waals surface area contributed by atoms with E-state index in [1.165, 1.54) is 12.3 Å². The molecule has 0 saturated heterocycles. The quantitative estimate of drug-likeness (QED) is 0.849. The predicted octanol–water partition coefficient (Wildman–Crippen LogP) is 3.70. The summed E-state index contributed by atoms with van der Waals surface area (Å²) in [6, 6.07) is 1.45. The minimum absolute atomic E-state index is 0.00253. The number of aromatic nitrogens is 1. The third-order valence-electron chi connectivity index (χ3n) is 2.46. The number of pyridine rings is 1. The van der Waals surface area contributed by atoms with Crippen molar-refractivity contribution in [1.82, 2.24) is 9.88 Å². The van der Waals surface area contributed by atoms with E-state index in [0.29, 0.717) is 5.69 Å². The summed E-state index contributed by atoms with van der Waals surface area (Å²) < 4.78 is 37.7. The summed E-state index contributed by atoms with van der Waals surface area (Å²) in [4.78, 5) is 16.9. The van der Waals surface area contributed by atoms with Crippen molar-refractivity contribution < 1.29 is 18.0 Å². The zero-order valence-electron chi connectivity index (χ0n) is 11.5. The van der Waals surface area contributed by atoms with Crippen molar-refractivity contribution >= 4 is 17.5 Å². The van der Waals surface area contributed by atoms with E-state index in [4.69, 9.17) is 11.6 Å². The molecule has 0 fully saturated rings. The highest BCUT2D eigenvalue weighted by Gasteiger charge is 2.34. The van der Waals surface area contributed by atoms with Gasteiger partial charge in [0.2, 0.25) is 0 Å². The molecule has 3 nitrogen and oxygen atoms in total. The van der Waals surface area contributed by atoms with E-state index < -0.39 is 18.6 Å². The van der Waals surface area contributed by atoms with Gasteiger partial charge in [0.05, 0.1) is 10.6 Å². The van der Waals surface area contributed by atoms with Crippen LogP contribution in [0.2, 0.25) is 5.02 Å². The van der Waals surface area contributed by atoms with E-state index in [2.05, 4.69) is 4.98 Å². The molecule has 20 heavy (non-hydrogen) atoms. The first kappa shape index (κ1) is 16.8. The second-order valence-corrected chi connectivity index (χ2v) is 5.41. The molecular weight excluding hydrogens is 293 g/mol. The second kappa shape index (κ2) is 6.43. The van der Waals surface area contributed by atoms with Crippen LogP contribution in [0.4, 0.5) is 13.2 Å². The highest BCUT2D eigenvalue weighted by Crippen LogP contribution is 2.22. The minimum atomic E-state index is -4.45. The molecule has 0 N–H and O–H groups in total. The van der Waals surface area contributed by atoms with Gasteiger partial charge in [-0.2, -0.15) is 13.2 Å². The van der Waals surface area contributed by atoms with Crippen molar-refractivity contribution in [3.05, 3.63) is 28.5 Å². The van der Waals surface area contributed by atoms with Crippen molar-refractivity contribution in [3.8, 4) is 0 Å². The molecule has 0 unspecified atom stereocenters. The first-order chi connectivity index (χ1) is 9.10. The maximum atomic E-state index is 12.6. The topological polar surface area (TPSA) is 33.2 Å². The highest BCUT2D eigenvalue weighted by molar-refractivity contribution is 6.33. The molecule has 0 radical (unpaired) electrons. The van der Waals surface area contributed by atoms with E-state index in [0.717, 1.165) is 4.90 Å². The molecule has 1 aromatic rings. The number of carbonyl (C=O) groups is 1. The smallest absolute Gasteiger partial charge is 0.329 e. The van der Waals surface area contributed by atoms with Gasteiger partial charge in [-0.15, -0.1) is 0 Å². The van der Waals surface area contributed by atoms with Crippen LogP contribution in [-0.2, 0) is 0 Å². The van der Waals surface area contributed by atoms with Crippen LogP contribution in [0.5, 0.6) is 0 Å². The zero-order valence-corrected chi connectivity index (χ0v) is 12.2. The average Bonchev–Trinajstić information content (AvgIpc) is 2.24. The summed E-state index contributed by atoms with van der Waals surface area (Å²) in [6.07, 6.45) is -3.24. The Hall–Kier alpha value is -1.30. The fourth-order valence-electron chi connectivity index (χ4n) is 1.73. The van der Waals surface area contributed by atoms with Crippen LogP contribution >= 0.6 is 11.6 Å². The predicted molar refractivity (Wildman–Crippen MR) is 70.8 cm³/mol. The number of halogens is 4. The van der Waals surface area contributed by atoms with Gasteiger partial charge in [-0.1, -0.05) is 25.4 Å². The number of rotatable bonds is 4. The minimum Gasteiger partial charge on any atom is -0.329 e. The molecule has 0 aliphatic heterocycles. The molecule has 0 bridgehead atoms. The van der Waals surface area contributed by atoms with E-state index in [1.54, 1.807) is 20.8 Å². The normalized spacial score (nSPS) is 11.8. The lowest BCUT2D eigenvalue weighted by atomic mass is 10.1. The largest absolute Gasteiger partial charge is 0.406 e. The molecule has 1 heterocycles. The summed E-state index contributed by atoms with van der Waals surface area (Å²) >= 11 is 5.91. The fraction of sp³-hybridized carbons (Fsp3) is 0.538. The summed E-state index contributed by atoms with van der Waals surface area (Å²) in [7, 11) is 0. The van der Waals surface area contributed by atoms with Crippen LogP contribution in [0.3, 0.4) is 0 Å². The number of aryl methyl sites for hydroxylation is 1. The second-order valence-electron chi connectivity index (χ2n) is 5.00. The SMILES string of the molecule is Cc1cc(Cl)c(C(=O)N(CC(C)C)CC(F)(F)F)cn1. The molecule has 1 amide bonds. The molecule has 0 atom stereocenters. The first-order valence-corrected chi connectivity index (χ1v) is 6.46. The molecule has 7 heteroatoms. The Morgan fingerprint density at radius 3 is 2.50 bits per heavy atom. The van der Waals surface area contributed by atoms with Crippen LogP contribution in [0.1, 0.15) is 29.9 Å². The Kier molecular flexibility index (Phi) is 5.39. The van der Waals surface area contributed by atoms with Gasteiger partial charge >= 0.3 is 6.18 Å². The highest BCUT2D eigenvalue weighted by atomic mass is 35.5. The Morgan fingerprint density at radius 2 is 2.05 bits per heavy atom. The molecule has 112 valence electrons. The van der Waals surface area contributed by atoms with Gasteiger partial charge in [-0.25, -0.2) is 0 Å². The first-order valence-electron chi connectivity index (χ1n) is 6.08. The number of amides is 1. The van der Waals surface area contributed by atoms with Gasteiger partial charge in [0.1, 0.15) is 6.54 Å². The van der Waals surface area contributed by atoms with Crippen molar-refractivity contribution in [2.45, 2.75) is 26.9 Å². The lowest BCUT2D eigenvalue weighted by Crippen LogP contribution is -2.41. The van der Waals surface area contributed by atoms with Crippen LogP contribution in [0.25, 0.3) is 0 Å². The standard InChI is InChI=1S/C13H16ClF3N2O/c1-8(2)6-19(7-13(15,16)17)12(20)10-5-18-9(3)4-11(10)14/h4-5,8H,6-7H2,1-3H3. The Morgan fingerprint density at radius 1 is 1.45 bits per heavy atom. The third-order valence-corrected chi connectivity index (χ3v) is 2.78. The Balaban J connectivity index is 3.03. The van der Waals surface area contributed by atoms with Crippen LogP contribution in [0.15, 0.2) is 12.3 Å². The van der Waals surface area contributed by atoms with Gasteiger partial charge in [-0.3, -0.25) is 9.78 Å². The number of hydrogen-bond acceptors (Lipinski definition) is 2. The fourth-order valence-corrected chi connectivity index (χ4v) is 2.02. The van der Waals surface area contributed by atoms with Gasteiger partial charge in [0.15, 0.2) is 0 Å². The summed E-state index contributed by atoms with van der Waals surface area (Å²) in [5.41, 5.74) is 0.583. The van der Waals surface area contributed by atoms with Crippen LogP contribution < -0.4 is 0 Å². The average molecular weight is 309 g/mol. The van der Waals surface area contributed by atoms with E-state index in [9.17, 15) is 18.0 Å². The number of carbonyl (C=O) groups excluding carboxylic acids is 1. The Labute approximate surface area is 120 Å². The summed E-state index contributed by atoms with van der Waals surface area (Å²) in [5, 5.41) is 0.110. The van der Waals surface area contributed by atoms with Crippen molar-refractivity contribution in [2.24, 2.45) is 5.92 Å². The number of hydrogen-bond donors (Lipinski definition) is 0. The van der Waals surface area contributed by atoms with E-state index >= 15 is 0 Å². The van der Waals surface area contributed by atoms with Gasteiger partial charge in [0.25, 0.3) is 5.91 Å². The van der Waals surface area contributed by atoms with Crippen molar-refractivity contribution in [1.29, 1.82) is 0 Å². The van der Waals surface area contributed by atoms with Gasteiger partial charge in [0, 0.05) is 18.4 Å². The summed E-state index contributed by atoms with van der Waals surface area (Å²) in [6.45, 7) is 3.87. The third kappa shape index (κ3) is 5.00. The number of alkyl halides is 3. The Bertz CT molecular complexity index is 489. The zero-order chi connectivity index (χ0) is 15.5. The molecule has 1 rings (SSSR count). The number of nitrogens with zero attached hydrogens (tertiary/aromatic N) is 2. The summed E-state index contributed by atoms with van der Waals surface area (Å²) in [5.74, 6) is -0.841. The molecular formula is C13H16ClF3N2O. The van der Waals surface area contributed by atoms with Crippen molar-refractivity contribution in [3.63, 3.8) is 0 Å². The maximum absolute atomic E-state index is 12.6. The lowest BCUT2D eigenvalue weighted by Gasteiger charge is -2.26. The molecule has 0 saturated carbocycles. The van der Waals surface area contributed by atoms with E-state index in [1.807, 2.05) is 0 Å². The molecule has 0 aliphatic carbocycles. The monoisotopic (exact) mass is 308 g/mol. The molecule has 1 aromatic heterocycles.